The van der Waals surface area contributed by atoms with Crippen molar-refractivity contribution in [3.05, 3.63) is 23.4 Å². The van der Waals surface area contributed by atoms with Crippen LogP contribution in [0.3, 0.4) is 0 Å². The van der Waals surface area contributed by atoms with E-state index in [2.05, 4.69) is 4.72 Å². The summed E-state index contributed by atoms with van der Waals surface area (Å²) in [7, 11) is 1.65. The van der Waals surface area contributed by atoms with Gasteiger partial charge in [0.05, 0.1) is 7.11 Å². The van der Waals surface area contributed by atoms with E-state index in [1.54, 1.807) is 7.11 Å². The number of hydrogen-bond acceptors (Lipinski definition) is 3. The second kappa shape index (κ2) is 2.67. The molecule has 1 rings (SSSR count). The van der Waals surface area contributed by atoms with E-state index in [9.17, 15) is 0 Å². The first kappa shape index (κ1) is 5.56. The molecule has 0 aliphatic carbocycles. The van der Waals surface area contributed by atoms with Crippen LogP contribution in [-0.4, -0.2) is 7.11 Å². The molecule has 0 saturated heterocycles. The summed E-state index contributed by atoms with van der Waals surface area (Å²) >= 11 is 1.47. The Morgan fingerprint density at radius 1 is 1.75 bits per heavy atom. The molecule has 1 heterocycles. The Morgan fingerprint density at radius 3 is 3.00 bits per heavy atom. The highest BCUT2D eigenvalue weighted by atomic mass is 32.2. The van der Waals surface area contributed by atoms with Gasteiger partial charge in [-0.1, -0.05) is 0 Å². The highest BCUT2D eigenvalue weighted by molar-refractivity contribution is 8.01. The molecule has 0 atom stereocenters. The van der Waals surface area contributed by atoms with Crippen LogP contribution in [0.15, 0.2) is 23.4 Å². The summed E-state index contributed by atoms with van der Waals surface area (Å²) < 4.78 is 7.83. The largest absolute Gasteiger partial charge is 0.489 e. The van der Waals surface area contributed by atoms with E-state index in [0.717, 1.165) is 5.09 Å². The van der Waals surface area contributed by atoms with Gasteiger partial charge in [0.1, 0.15) is 0 Å². The van der Waals surface area contributed by atoms with Gasteiger partial charge >= 0.3 is 0 Å². The van der Waals surface area contributed by atoms with Crippen LogP contribution >= 0.6 is 11.9 Å². The van der Waals surface area contributed by atoms with Gasteiger partial charge in [0.2, 0.25) is 0 Å². The zero-order chi connectivity index (χ0) is 5.82. The van der Waals surface area contributed by atoms with Crippen molar-refractivity contribution >= 4 is 11.9 Å². The fourth-order valence-corrected chi connectivity index (χ4v) is 0.894. The highest BCUT2D eigenvalue weighted by Crippen LogP contribution is 2.14. The fraction of sp³-hybridized carbons (Fsp3) is 0.200. The molecule has 2 nitrogen and oxygen atoms in total. The predicted molar refractivity (Wildman–Crippen MR) is 35.0 cm³/mol. The summed E-state index contributed by atoms with van der Waals surface area (Å²) in [5.74, 6) is 0. The van der Waals surface area contributed by atoms with Gasteiger partial charge in [-0.25, -0.2) is 0 Å². The number of allylic oxidation sites excluding steroid dienone is 2. The van der Waals surface area contributed by atoms with Gasteiger partial charge < -0.3 is 9.46 Å². The molecule has 0 unspecified atom stereocenters. The second-order valence-corrected chi connectivity index (χ2v) is 2.11. The summed E-state index contributed by atoms with van der Waals surface area (Å²) in [5.41, 5.74) is 0. The molecule has 1 aliphatic rings. The van der Waals surface area contributed by atoms with Crippen molar-refractivity contribution in [1.29, 1.82) is 0 Å². The third-order valence-electron chi connectivity index (χ3n) is 0.757. The van der Waals surface area contributed by atoms with Gasteiger partial charge in [-0.05, 0) is 12.2 Å². The molecule has 0 radical (unpaired) electrons. The summed E-state index contributed by atoms with van der Waals surface area (Å²) in [4.78, 5) is 0. The summed E-state index contributed by atoms with van der Waals surface area (Å²) in [6, 6.07) is 0. The molecule has 0 spiro atoms. The molecule has 8 heavy (non-hydrogen) atoms. The number of rotatable bonds is 1. The minimum absolute atomic E-state index is 0.896. The lowest BCUT2D eigenvalue weighted by atomic mass is 10.6. The van der Waals surface area contributed by atoms with Crippen molar-refractivity contribution in [3.8, 4) is 0 Å². The lowest BCUT2D eigenvalue weighted by molar-refractivity contribution is 0.324. The van der Waals surface area contributed by atoms with E-state index in [1.807, 2.05) is 18.4 Å². The standard InChI is InChI=1S/C5H7NOS/c1-7-5-3-2-4-6-8-5/h2-4,6H,1H3. The van der Waals surface area contributed by atoms with E-state index < -0.39 is 0 Å². The van der Waals surface area contributed by atoms with Crippen LogP contribution in [0.25, 0.3) is 0 Å². The Kier molecular flexibility index (Phi) is 1.86. The maximum atomic E-state index is 4.90. The van der Waals surface area contributed by atoms with Crippen molar-refractivity contribution in [3.63, 3.8) is 0 Å². The Labute approximate surface area is 52.7 Å². The van der Waals surface area contributed by atoms with Gasteiger partial charge in [0.15, 0.2) is 5.09 Å². The molecule has 0 aromatic heterocycles. The van der Waals surface area contributed by atoms with Crippen LogP contribution in [-0.2, 0) is 4.74 Å². The summed E-state index contributed by atoms with van der Waals surface area (Å²) in [5, 5.41) is 0.896. The number of nitrogens with one attached hydrogen (secondary N) is 1. The first-order valence-electron chi connectivity index (χ1n) is 2.26. The monoisotopic (exact) mass is 129 g/mol. The summed E-state index contributed by atoms with van der Waals surface area (Å²) in [6.45, 7) is 0. The molecule has 0 aromatic carbocycles. The zero-order valence-corrected chi connectivity index (χ0v) is 5.37. The van der Waals surface area contributed by atoms with E-state index in [4.69, 9.17) is 4.74 Å². The fourth-order valence-electron chi connectivity index (χ4n) is 0.402. The van der Waals surface area contributed by atoms with Crippen LogP contribution in [0.1, 0.15) is 0 Å². The van der Waals surface area contributed by atoms with Crippen molar-refractivity contribution in [1.82, 2.24) is 4.72 Å². The third kappa shape index (κ3) is 1.20. The lowest BCUT2D eigenvalue weighted by Gasteiger charge is -2.05. The Balaban J connectivity index is 2.50. The Hall–Kier alpha value is -0.570. The maximum absolute atomic E-state index is 4.90. The van der Waals surface area contributed by atoms with Crippen molar-refractivity contribution in [2.75, 3.05) is 7.11 Å². The van der Waals surface area contributed by atoms with Crippen molar-refractivity contribution in [2.24, 2.45) is 0 Å². The molecule has 0 saturated carbocycles. The van der Waals surface area contributed by atoms with Crippen molar-refractivity contribution in [2.45, 2.75) is 0 Å². The second-order valence-electron chi connectivity index (χ2n) is 1.27. The molecular weight excluding hydrogens is 122 g/mol. The summed E-state index contributed by atoms with van der Waals surface area (Å²) in [6.07, 6.45) is 5.66. The van der Waals surface area contributed by atoms with E-state index in [0.29, 0.717) is 0 Å². The molecular formula is C5H7NOS. The average Bonchev–Trinajstić information content (AvgIpc) is 1.90. The van der Waals surface area contributed by atoms with Crippen LogP contribution < -0.4 is 4.72 Å². The third-order valence-corrected chi connectivity index (χ3v) is 1.52. The molecule has 0 aromatic rings. The van der Waals surface area contributed by atoms with Gasteiger partial charge in [-0.3, -0.25) is 0 Å². The Bertz CT molecular complexity index is 130. The van der Waals surface area contributed by atoms with Gasteiger partial charge in [-0.15, -0.1) is 0 Å². The predicted octanol–water partition coefficient (Wildman–Crippen LogP) is 1.24. The first-order chi connectivity index (χ1) is 3.93. The highest BCUT2D eigenvalue weighted by Gasteiger charge is 1.95. The van der Waals surface area contributed by atoms with Crippen LogP contribution in [0, 0.1) is 0 Å². The lowest BCUT2D eigenvalue weighted by Crippen LogP contribution is -1.96. The quantitative estimate of drug-likeness (QED) is 0.538. The SMILES string of the molecule is COC1=CC=CNS1. The Morgan fingerprint density at radius 2 is 2.62 bits per heavy atom. The molecule has 1 N–H and O–H groups in total. The molecule has 0 amide bonds. The van der Waals surface area contributed by atoms with Gasteiger partial charge in [0.25, 0.3) is 0 Å². The van der Waals surface area contributed by atoms with E-state index >= 15 is 0 Å². The maximum Gasteiger partial charge on any atom is 0.173 e. The first-order valence-corrected chi connectivity index (χ1v) is 3.08. The minimum atomic E-state index is 0.896. The number of ether oxygens (including phenoxy) is 1. The minimum Gasteiger partial charge on any atom is -0.489 e. The molecule has 44 valence electrons. The zero-order valence-electron chi connectivity index (χ0n) is 4.55. The van der Waals surface area contributed by atoms with Crippen molar-refractivity contribution < 1.29 is 4.74 Å². The smallest absolute Gasteiger partial charge is 0.173 e. The molecule has 3 heteroatoms. The topological polar surface area (TPSA) is 21.3 Å². The van der Waals surface area contributed by atoms with E-state index in [1.165, 1.54) is 11.9 Å². The molecule has 0 fully saturated rings. The number of methoxy groups -OCH3 is 1. The van der Waals surface area contributed by atoms with Gasteiger partial charge in [0, 0.05) is 18.1 Å². The van der Waals surface area contributed by atoms with Crippen LogP contribution in [0.5, 0.6) is 0 Å². The normalized spacial score (nSPS) is 16.9. The van der Waals surface area contributed by atoms with Gasteiger partial charge in [-0.2, -0.15) is 0 Å². The average molecular weight is 129 g/mol. The molecule has 0 bridgehead atoms. The molecule has 1 aliphatic heterocycles. The number of hydrogen-bond donors (Lipinski definition) is 1. The van der Waals surface area contributed by atoms with Crippen LogP contribution in [0.2, 0.25) is 0 Å². The van der Waals surface area contributed by atoms with E-state index in [-0.39, 0.29) is 0 Å². The van der Waals surface area contributed by atoms with Crippen LogP contribution in [0.4, 0.5) is 0 Å².